The van der Waals surface area contributed by atoms with E-state index in [1.165, 1.54) is 9.80 Å². The lowest BCUT2D eigenvalue weighted by Crippen LogP contribution is -2.43. The van der Waals surface area contributed by atoms with E-state index >= 15 is 0 Å². The Bertz CT molecular complexity index is 504. The van der Waals surface area contributed by atoms with Gasteiger partial charge in [0.25, 0.3) is 0 Å². The highest BCUT2D eigenvalue weighted by Crippen LogP contribution is 2.24. The second-order valence-electron chi connectivity index (χ2n) is 5.60. The van der Waals surface area contributed by atoms with Crippen molar-refractivity contribution in [3.05, 3.63) is 0 Å². The second-order valence-corrected chi connectivity index (χ2v) is 7.91. The number of amides is 2. The second kappa shape index (κ2) is 5.59. The average molecular weight is 304 g/mol. The van der Waals surface area contributed by atoms with Gasteiger partial charge in [-0.25, -0.2) is 13.2 Å². The predicted octanol–water partition coefficient (Wildman–Crippen LogP) is -0.121. The van der Waals surface area contributed by atoms with Crippen LogP contribution in [-0.4, -0.2) is 73.0 Å². The van der Waals surface area contributed by atoms with Gasteiger partial charge in [0.1, 0.15) is 0 Å². The molecule has 2 aliphatic rings. The number of aliphatic carboxylic acids is 1. The van der Waals surface area contributed by atoms with Crippen molar-refractivity contribution in [1.82, 2.24) is 9.80 Å². The topological polar surface area (TPSA) is 95.0 Å². The van der Waals surface area contributed by atoms with Crippen LogP contribution in [0.1, 0.15) is 13.3 Å². The predicted molar refractivity (Wildman–Crippen MR) is 72.1 cm³/mol. The average Bonchev–Trinajstić information content (AvgIpc) is 2.65. The van der Waals surface area contributed by atoms with Gasteiger partial charge in [-0.15, -0.1) is 0 Å². The van der Waals surface area contributed by atoms with Crippen molar-refractivity contribution in [2.75, 3.05) is 37.7 Å². The summed E-state index contributed by atoms with van der Waals surface area (Å²) in [5, 5.41) is 9.08. The van der Waals surface area contributed by atoms with Crippen molar-refractivity contribution in [1.29, 1.82) is 0 Å². The molecule has 7 nitrogen and oxygen atoms in total. The molecule has 2 saturated heterocycles. The van der Waals surface area contributed by atoms with Gasteiger partial charge in [-0.2, -0.15) is 0 Å². The lowest BCUT2D eigenvalue weighted by Gasteiger charge is -2.26. The summed E-state index contributed by atoms with van der Waals surface area (Å²) in [6.07, 6.45) is 0.444. The van der Waals surface area contributed by atoms with Crippen molar-refractivity contribution >= 4 is 21.8 Å². The number of urea groups is 1. The van der Waals surface area contributed by atoms with E-state index in [1.54, 1.807) is 0 Å². The zero-order valence-electron chi connectivity index (χ0n) is 11.5. The van der Waals surface area contributed by atoms with Gasteiger partial charge in [-0.3, -0.25) is 4.79 Å². The Balaban J connectivity index is 2.00. The molecule has 0 spiro atoms. The number of likely N-dealkylation sites (tertiary alicyclic amines) is 1. The molecule has 20 heavy (non-hydrogen) atoms. The molecule has 8 heteroatoms. The number of carbonyl (C=O) groups is 2. The fourth-order valence-corrected chi connectivity index (χ4v) is 4.05. The Hall–Kier alpha value is -1.31. The summed E-state index contributed by atoms with van der Waals surface area (Å²) in [6, 6.07) is -0.238. The molecule has 0 aliphatic carbocycles. The van der Waals surface area contributed by atoms with Gasteiger partial charge in [-0.1, -0.05) is 6.92 Å². The summed E-state index contributed by atoms with van der Waals surface area (Å²) in [5.74, 6) is -1.39. The molecule has 2 rings (SSSR count). The number of rotatable bonds is 1. The van der Waals surface area contributed by atoms with Crippen LogP contribution >= 0.6 is 0 Å². The zero-order chi connectivity index (χ0) is 14.9. The first kappa shape index (κ1) is 15.1. The summed E-state index contributed by atoms with van der Waals surface area (Å²) in [4.78, 5) is 26.5. The third-order valence-corrected chi connectivity index (χ3v) is 5.74. The highest BCUT2D eigenvalue weighted by molar-refractivity contribution is 7.91. The minimum atomic E-state index is -3.05. The molecule has 1 N–H and O–H groups in total. The van der Waals surface area contributed by atoms with Crippen molar-refractivity contribution in [3.63, 3.8) is 0 Å². The van der Waals surface area contributed by atoms with Gasteiger partial charge in [0.2, 0.25) is 0 Å². The van der Waals surface area contributed by atoms with Crippen LogP contribution in [0, 0.1) is 11.8 Å². The molecule has 0 aromatic carbocycles. The summed E-state index contributed by atoms with van der Waals surface area (Å²) in [6.45, 7) is 3.06. The molecule has 2 atom stereocenters. The van der Waals surface area contributed by atoms with E-state index < -0.39 is 21.7 Å². The van der Waals surface area contributed by atoms with Gasteiger partial charge < -0.3 is 14.9 Å². The normalized spacial score (nSPS) is 30.1. The van der Waals surface area contributed by atoms with Gasteiger partial charge in [0.05, 0.1) is 17.4 Å². The van der Waals surface area contributed by atoms with E-state index in [0.29, 0.717) is 19.5 Å². The van der Waals surface area contributed by atoms with Crippen LogP contribution in [0.2, 0.25) is 0 Å². The quantitative estimate of drug-likeness (QED) is 0.728. The lowest BCUT2D eigenvalue weighted by molar-refractivity contribution is -0.142. The van der Waals surface area contributed by atoms with Crippen LogP contribution in [0.15, 0.2) is 0 Å². The smallest absolute Gasteiger partial charge is 0.320 e. The van der Waals surface area contributed by atoms with Gasteiger partial charge in [0.15, 0.2) is 9.84 Å². The molecular formula is C12H20N2O5S. The number of sulfone groups is 1. The van der Waals surface area contributed by atoms with E-state index in [4.69, 9.17) is 5.11 Å². The van der Waals surface area contributed by atoms with Crippen molar-refractivity contribution in [2.45, 2.75) is 13.3 Å². The third kappa shape index (κ3) is 3.23. The van der Waals surface area contributed by atoms with Crippen LogP contribution < -0.4 is 0 Å². The van der Waals surface area contributed by atoms with Crippen molar-refractivity contribution < 1.29 is 23.1 Å². The fraction of sp³-hybridized carbons (Fsp3) is 0.833. The van der Waals surface area contributed by atoms with E-state index in [9.17, 15) is 18.0 Å². The summed E-state index contributed by atoms with van der Waals surface area (Å²) in [5.41, 5.74) is 0. The number of carboxylic acid groups (broad SMARTS) is 1. The maximum absolute atomic E-state index is 12.3. The number of nitrogens with zero attached hydrogens (tertiary/aromatic N) is 2. The molecule has 114 valence electrons. The van der Waals surface area contributed by atoms with Gasteiger partial charge >= 0.3 is 12.0 Å². The first-order valence-corrected chi connectivity index (χ1v) is 8.59. The molecule has 0 aromatic rings. The molecule has 0 aromatic heterocycles. The van der Waals surface area contributed by atoms with Crippen LogP contribution in [-0.2, 0) is 14.6 Å². The maximum atomic E-state index is 12.3. The third-order valence-electron chi connectivity index (χ3n) is 4.03. The molecular weight excluding hydrogens is 284 g/mol. The Morgan fingerprint density at radius 2 is 1.80 bits per heavy atom. The molecule has 0 unspecified atom stereocenters. The van der Waals surface area contributed by atoms with Gasteiger partial charge in [0, 0.05) is 26.2 Å². The van der Waals surface area contributed by atoms with E-state index in [0.717, 1.165) is 0 Å². The standard InChI is InChI=1S/C12H20N2O5S/c1-9-7-14(8-10(9)11(15)16)12(17)13-3-2-5-20(18,19)6-4-13/h9-10H,2-8H2,1H3,(H,15,16)/t9-,10-/m1/s1. The summed E-state index contributed by atoms with van der Waals surface area (Å²) in [7, 11) is -3.05. The SMILES string of the molecule is C[C@@H]1CN(C(=O)N2CCCS(=O)(=O)CC2)C[C@H]1C(=O)O. The maximum Gasteiger partial charge on any atom is 0.320 e. The highest BCUT2D eigenvalue weighted by atomic mass is 32.2. The largest absolute Gasteiger partial charge is 0.481 e. The molecule has 2 amide bonds. The number of carbonyl (C=O) groups excluding carboxylic acids is 1. The monoisotopic (exact) mass is 304 g/mol. The highest BCUT2D eigenvalue weighted by Gasteiger charge is 2.38. The first-order valence-electron chi connectivity index (χ1n) is 6.77. The number of hydrogen-bond acceptors (Lipinski definition) is 4. The van der Waals surface area contributed by atoms with E-state index in [1.807, 2.05) is 6.92 Å². The summed E-state index contributed by atoms with van der Waals surface area (Å²) >= 11 is 0. The molecule has 0 saturated carbocycles. The minimum absolute atomic E-state index is 0.00943. The number of hydrogen-bond donors (Lipinski definition) is 1. The van der Waals surface area contributed by atoms with Crippen molar-refractivity contribution in [3.8, 4) is 0 Å². The fourth-order valence-electron chi connectivity index (χ4n) is 2.77. The molecule has 0 radical (unpaired) electrons. The first-order chi connectivity index (χ1) is 9.30. The van der Waals surface area contributed by atoms with E-state index in [2.05, 4.69) is 0 Å². The van der Waals surface area contributed by atoms with Crippen molar-refractivity contribution in [2.24, 2.45) is 11.8 Å². The molecule has 2 aliphatic heterocycles. The van der Waals surface area contributed by atoms with Crippen LogP contribution in [0.25, 0.3) is 0 Å². The lowest BCUT2D eigenvalue weighted by atomic mass is 9.99. The van der Waals surface area contributed by atoms with Crippen LogP contribution in [0.4, 0.5) is 4.79 Å². The Labute approximate surface area is 118 Å². The Kier molecular flexibility index (Phi) is 4.22. The van der Waals surface area contributed by atoms with Crippen LogP contribution in [0.3, 0.4) is 0 Å². The van der Waals surface area contributed by atoms with Crippen LogP contribution in [0.5, 0.6) is 0 Å². The Morgan fingerprint density at radius 1 is 1.10 bits per heavy atom. The molecule has 0 bridgehead atoms. The summed E-state index contributed by atoms with van der Waals surface area (Å²) < 4.78 is 23.0. The van der Waals surface area contributed by atoms with E-state index in [-0.39, 0.29) is 36.5 Å². The molecule has 2 heterocycles. The minimum Gasteiger partial charge on any atom is -0.481 e. The van der Waals surface area contributed by atoms with Gasteiger partial charge in [-0.05, 0) is 12.3 Å². The number of carboxylic acids is 1. The Morgan fingerprint density at radius 3 is 2.40 bits per heavy atom. The zero-order valence-corrected chi connectivity index (χ0v) is 12.3. The molecule has 2 fully saturated rings.